The Balaban J connectivity index is 1.72. The van der Waals surface area contributed by atoms with Gasteiger partial charge in [0.05, 0.1) is 18.7 Å². The number of aliphatic hydroxyl groups is 3. The number of hydrogen-bond acceptors (Lipinski definition) is 10. The first-order chi connectivity index (χ1) is 18.1. The number of nitrogens with zero attached hydrogens (tertiary/aromatic N) is 2. The van der Waals surface area contributed by atoms with Gasteiger partial charge in [0.1, 0.15) is 28.6 Å². The number of amides is 1. The minimum Gasteiger partial charge on any atom is -0.510 e. The maximum Gasteiger partial charge on any atom is 0.255 e. The van der Waals surface area contributed by atoms with Crippen LogP contribution in [-0.4, -0.2) is 86.1 Å². The molecule has 11 nitrogen and oxygen atoms in total. The third-order valence-electron chi connectivity index (χ3n) is 8.90. The Hall–Kier alpha value is -3.41. The zero-order valence-corrected chi connectivity index (χ0v) is 23.0. The van der Waals surface area contributed by atoms with Crippen LogP contribution >= 0.6 is 0 Å². The summed E-state index contributed by atoms with van der Waals surface area (Å²) in [4.78, 5) is 43.2. The van der Waals surface area contributed by atoms with Crippen LogP contribution in [0.5, 0.6) is 11.5 Å². The highest BCUT2D eigenvalue weighted by Gasteiger charge is 2.63. The van der Waals surface area contributed by atoms with E-state index < -0.39 is 58.0 Å². The van der Waals surface area contributed by atoms with Gasteiger partial charge in [-0.1, -0.05) is 0 Å². The van der Waals surface area contributed by atoms with Crippen molar-refractivity contribution in [1.82, 2.24) is 9.80 Å². The van der Waals surface area contributed by atoms with E-state index in [1.54, 1.807) is 14.1 Å². The van der Waals surface area contributed by atoms with Crippen LogP contribution in [-0.2, 0) is 29.1 Å². The smallest absolute Gasteiger partial charge is 0.255 e. The van der Waals surface area contributed by atoms with Gasteiger partial charge in [-0.2, -0.15) is 0 Å². The molecule has 1 aliphatic heterocycles. The number of phenolic OH excluding ortho intramolecular Hbond substituents is 1. The van der Waals surface area contributed by atoms with Crippen molar-refractivity contribution in [2.45, 2.75) is 63.9 Å². The van der Waals surface area contributed by atoms with E-state index in [1.165, 1.54) is 12.0 Å². The number of aromatic hydroxyl groups is 1. The summed E-state index contributed by atoms with van der Waals surface area (Å²) in [5.41, 5.74) is 3.33. The Kier molecular flexibility index (Phi) is 5.95. The summed E-state index contributed by atoms with van der Waals surface area (Å²) in [5, 5.41) is 45.5. The van der Waals surface area contributed by atoms with E-state index in [9.17, 15) is 34.8 Å². The van der Waals surface area contributed by atoms with Crippen molar-refractivity contribution >= 4 is 17.5 Å². The number of phenols is 1. The molecule has 6 N–H and O–H groups in total. The summed E-state index contributed by atoms with van der Waals surface area (Å²) >= 11 is 0. The number of Topliss-reactive ketones (excluding diaryl/α,β-unsaturated/α-hetero) is 2. The van der Waals surface area contributed by atoms with E-state index in [4.69, 9.17) is 10.5 Å². The summed E-state index contributed by atoms with van der Waals surface area (Å²) in [5.74, 6) is -6.13. The van der Waals surface area contributed by atoms with Gasteiger partial charge in [-0.05, 0) is 53.6 Å². The molecule has 0 radical (unpaired) electrons. The molecular formula is C28H35N3O8. The van der Waals surface area contributed by atoms with Crippen LogP contribution < -0.4 is 10.5 Å². The average molecular weight is 542 g/mol. The maximum absolute atomic E-state index is 14.0. The fourth-order valence-electron chi connectivity index (χ4n) is 6.95. The Morgan fingerprint density at radius 1 is 1.10 bits per heavy atom. The van der Waals surface area contributed by atoms with Crippen molar-refractivity contribution in [3.8, 4) is 11.5 Å². The van der Waals surface area contributed by atoms with Crippen LogP contribution in [0.3, 0.4) is 0 Å². The molecule has 1 amide bonds. The number of likely N-dealkylation sites (N-methyl/N-ethyl adjacent to an activating group) is 1. The molecule has 4 aliphatic rings. The number of nitrogens with two attached hydrogens (primary N) is 1. The lowest BCUT2D eigenvalue weighted by molar-refractivity contribution is -0.148. The second kappa shape index (κ2) is 8.54. The molecule has 3 aliphatic carbocycles. The molecule has 0 saturated carbocycles. The minimum atomic E-state index is -2.66. The molecule has 0 fully saturated rings. The van der Waals surface area contributed by atoms with Crippen LogP contribution in [0.15, 0.2) is 22.7 Å². The van der Waals surface area contributed by atoms with Gasteiger partial charge < -0.3 is 30.9 Å². The quantitative estimate of drug-likeness (QED) is 0.350. The molecule has 0 saturated heterocycles. The number of rotatable bonds is 3. The fourth-order valence-corrected chi connectivity index (χ4v) is 6.95. The van der Waals surface area contributed by atoms with Crippen LogP contribution in [0.4, 0.5) is 0 Å². The maximum atomic E-state index is 14.0. The number of carbonyl (C=O) groups is 3. The summed E-state index contributed by atoms with van der Waals surface area (Å²) in [6, 6.07) is -1.04. The predicted octanol–water partition coefficient (Wildman–Crippen LogP) is 1.24. The Morgan fingerprint density at radius 3 is 2.26 bits per heavy atom. The minimum absolute atomic E-state index is 0.0258. The van der Waals surface area contributed by atoms with Crippen molar-refractivity contribution in [3.63, 3.8) is 0 Å². The SMILES string of the molecule is COc1c2c(c(O)c3c1C[C@H]1C[C@H]4[C@H](N(C)C)C(O)=C(C(N)=O)C(=O)[C@@]4(O)C(O)=C1C3=O)CN(C(C)(C)C)C2. The Bertz CT molecular complexity index is 1400. The number of ketones is 2. The summed E-state index contributed by atoms with van der Waals surface area (Å²) < 4.78 is 5.81. The first-order valence-electron chi connectivity index (χ1n) is 12.9. The van der Waals surface area contributed by atoms with Gasteiger partial charge in [0, 0.05) is 46.8 Å². The highest BCUT2D eigenvalue weighted by atomic mass is 16.5. The van der Waals surface area contributed by atoms with Gasteiger partial charge >= 0.3 is 0 Å². The number of ether oxygens (including phenoxy) is 1. The number of methoxy groups -OCH3 is 1. The van der Waals surface area contributed by atoms with Crippen molar-refractivity contribution in [1.29, 1.82) is 0 Å². The van der Waals surface area contributed by atoms with Crippen LogP contribution in [0.1, 0.15) is 54.2 Å². The summed E-state index contributed by atoms with van der Waals surface area (Å²) in [6.07, 6.45) is 0.217. The molecule has 0 unspecified atom stereocenters. The zero-order chi connectivity index (χ0) is 28.9. The molecule has 39 heavy (non-hydrogen) atoms. The number of fused-ring (bicyclic) bond motifs is 4. The summed E-state index contributed by atoms with van der Waals surface area (Å²) in [7, 11) is 4.70. The van der Waals surface area contributed by atoms with Crippen molar-refractivity contribution in [3.05, 3.63) is 44.9 Å². The number of primary amides is 1. The normalized spacial score (nSPS) is 28.9. The van der Waals surface area contributed by atoms with Crippen molar-refractivity contribution < 1.29 is 39.5 Å². The Labute approximate surface area is 226 Å². The lowest BCUT2D eigenvalue weighted by Crippen LogP contribution is -2.63. The molecular weight excluding hydrogens is 506 g/mol. The van der Waals surface area contributed by atoms with E-state index in [1.807, 2.05) is 0 Å². The third-order valence-corrected chi connectivity index (χ3v) is 8.90. The van der Waals surface area contributed by atoms with E-state index in [-0.39, 0.29) is 35.3 Å². The van der Waals surface area contributed by atoms with E-state index in [0.717, 1.165) is 5.56 Å². The van der Waals surface area contributed by atoms with Crippen molar-refractivity contribution in [2.75, 3.05) is 21.2 Å². The molecule has 210 valence electrons. The number of aliphatic hydroxyl groups excluding tert-OH is 2. The summed E-state index contributed by atoms with van der Waals surface area (Å²) in [6.45, 7) is 7.06. The third kappa shape index (κ3) is 3.49. The second-order valence-electron chi connectivity index (χ2n) is 12.2. The fraction of sp³-hybridized carbons (Fsp3) is 0.536. The largest absolute Gasteiger partial charge is 0.510 e. The molecule has 1 aromatic carbocycles. The van der Waals surface area contributed by atoms with Gasteiger partial charge in [0.15, 0.2) is 11.4 Å². The number of allylic oxidation sites excluding steroid dienone is 1. The molecule has 11 heteroatoms. The van der Waals surface area contributed by atoms with Crippen LogP contribution in [0, 0.1) is 11.8 Å². The van der Waals surface area contributed by atoms with Crippen molar-refractivity contribution in [2.24, 2.45) is 17.6 Å². The Morgan fingerprint density at radius 2 is 1.72 bits per heavy atom. The number of carbonyl (C=O) groups excluding carboxylic acids is 3. The lowest BCUT2D eigenvalue weighted by Gasteiger charge is -2.50. The molecule has 0 spiro atoms. The molecule has 0 bridgehead atoms. The van der Waals surface area contributed by atoms with Gasteiger partial charge in [-0.15, -0.1) is 0 Å². The predicted molar refractivity (Wildman–Crippen MR) is 139 cm³/mol. The van der Waals surface area contributed by atoms with E-state index in [2.05, 4.69) is 25.7 Å². The van der Waals surface area contributed by atoms with Gasteiger partial charge in [-0.3, -0.25) is 24.2 Å². The highest BCUT2D eigenvalue weighted by molar-refractivity contribution is 6.24. The van der Waals surface area contributed by atoms with Gasteiger partial charge in [-0.25, -0.2) is 0 Å². The second-order valence-corrected chi connectivity index (χ2v) is 12.2. The van der Waals surface area contributed by atoms with Gasteiger partial charge in [0.2, 0.25) is 5.78 Å². The van der Waals surface area contributed by atoms with Crippen LogP contribution in [0.2, 0.25) is 0 Å². The molecule has 1 heterocycles. The molecule has 1 aromatic rings. The van der Waals surface area contributed by atoms with E-state index in [0.29, 0.717) is 30.0 Å². The number of hydrogen-bond donors (Lipinski definition) is 5. The molecule has 4 atom stereocenters. The topological polar surface area (TPSA) is 174 Å². The highest BCUT2D eigenvalue weighted by Crippen LogP contribution is 2.55. The monoisotopic (exact) mass is 541 g/mol. The first kappa shape index (κ1) is 27.2. The van der Waals surface area contributed by atoms with Crippen LogP contribution in [0.25, 0.3) is 0 Å². The molecule has 0 aromatic heterocycles. The first-order valence-corrected chi connectivity index (χ1v) is 12.9. The van der Waals surface area contributed by atoms with E-state index >= 15 is 0 Å². The number of benzene rings is 1. The average Bonchev–Trinajstić information content (AvgIpc) is 3.27. The van der Waals surface area contributed by atoms with Gasteiger partial charge in [0.25, 0.3) is 5.91 Å². The zero-order valence-electron chi connectivity index (χ0n) is 23.0. The lowest BCUT2D eigenvalue weighted by atomic mass is 9.58. The molecule has 5 rings (SSSR count). The standard InChI is InChI=1S/C28H35N3O8/c1-27(2,3)31-9-13-14(10-31)23(39-6)12-7-11-8-15-19(30(4)5)22(34)18(26(29)37)25(36)28(15,38)24(35)16(11)21(33)17(12)20(13)32/h11,15,19,32,34-35,38H,7-10H2,1-6H3,(H2,29,37)/t11-,15-,19-,28-/m0/s1.